The molecule has 0 fully saturated rings. The number of anilines is 1. The minimum Gasteiger partial charge on any atom is -0.310 e. The van der Waals surface area contributed by atoms with E-state index in [1.165, 1.54) is 5.56 Å². The van der Waals surface area contributed by atoms with Crippen molar-refractivity contribution in [1.82, 2.24) is 9.88 Å². The summed E-state index contributed by atoms with van der Waals surface area (Å²) in [5.41, 5.74) is 1.99. The first kappa shape index (κ1) is 17.7. The van der Waals surface area contributed by atoms with E-state index < -0.39 is 0 Å². The van der Waals surface area contributed by atoms with Crippen molar-refractivity contribution in [2.24, 2.45) is 5.41 Å². The monoisotopic (exact) mass is 315 g/mol. The SMILES string of the molecule is CCC(C)(C)C(=O)Nc1cc(CN2C(C)C=CC2C)c(C)cn1. The molecule has 23 heavy (non-hydrogen) atoms. The fraction of sp³-hybridized carbons (Fsp3) is 0.579. The molecule has 1 aromatic heterocycles. The van der Waals surface area contributed by atoms with E-state index in [1.54, 1.807) is 0 Å². The minimum atomic E-state index is -0.380. The van der Waals surface area contributed by atoms with Crippen molar-refractivity contribution >= 4 is 11.7 Å². The lowest BCUT2D eigenvalue weighted by molar-refractivity contribution is -0.124. The van der Waals surface area contributed by atoms with Crippen LogP contribution in [0.3, 0.4) is 0 Å². The molecule has 1 aliphatic heterocycles. The molecule has 1 aliphatic rings. The molecule has 1 aromatic rings. The number of nitrogens with one attached hydrogen (secondary N) is 1. The van der Waals surface area contributed by atoms with Gasteiger partial charge < -0.3 is 5.32 Å². The zero-order chi connectivity index (χ0) is 17.2. The van der Waals surface area contributed by atoms with Crippen LogP contribution in [0.4, 0.5) is 5.82 Å². The number of carbonyl (C=O) groups excluding carboxylic acids is 1. The van der Waals surface area contributed by atoms with Crippen LogP contribution in [0, 0.1) is 12.3 Å². The molecular weight excluding hydrogens is 286 g/mol. The van der Waals surface area contributed by atoms with E-state index in [2.05, 4.69) is 48.1 Å². The number of pyridine rings is 1. The van der Waals surface area contributed by atoms with Crippen molar-refractivity contribution < 1.29 is 4.79 Å². The molecule has 0 saturated carbocycles. The van der Waals surface area contributed by atoms with Gasteiger partial charge in [-0.25, -0.2) is 4.98 Å². The van der Waals surface area contributed by atoms with Crippen LogP contribution in [0.15, 0.2) is 24.4 Å². The Bertz CT molecular complexity index is 595. The third kappa shape index (κ3) is 3.99. The lowest BCUT2D eigenvalue weighted by Crippen LogP contribution is -2.33. The molecule has 0 aromatic carbocycles. The van der Waals surface area contributed by atoms with Gasteiger partial charge in [0.25, 0.3) is 0 Å². The molecule has 1 N–H and O–H groups in total. The Morgan fingerprint density at radius 1 is 1.30 bits per heavy atom. The predicted molar refractivity (Wildman–Crippen MR) is 95.3 cm³/mol. The maximum Gasteiger partial charge on any atom is 0.231 e. The quantitative estimate of drug-likeness (QED) is 0.838. The average Bonchev–Trinajstić information content (AvgIpc) is 2.82. The zero-order valence-corrected chi connectivity index (χ0v) is 15.2. The van der Waals surface area contributed by atoms with Crippen LogP contribution < -0.4 is 5.32 Å². The number of nitrogens with zero attached hydrogens (tertiary/aromatic N) is 2. The maximum absolute atomic E-state index is 12.3. The number of carbonyl (C=O) groups is 1. The van der Waals surface area contributed by atoms with Crippen LogP contribution in [0.5, 0.6) is 0 Å². The predicted octanol–water partition coefficient (Wildman–Crippen LogP) is 3.91. The van der Waals surface area contributed by atoms with E-state index in [9.17, 15) is 4.79 Å². The summed E-state index contributed by atoms with van der Waals surface area (Å²) in [5.74, 6) is 0.663. The topological polar surface area (TPSA) is 45.2 Å². The molecule has 4 nitrogen and oxygen atoms in total. The van der Waals surface area contributed by atoms with Crippen molar-refractivity contribution in [2.45, 2.75) is 66.6 Å². The van der Waals surface area contributed by atoms with Gasteiger partial charge in [0.15, 0.2) is 0 Å². The fourth-order valence-electron chi connectivity index (χ4n) is 2.65. The van der Waals surface area contributed by atoms with Crippen LogP contribution in [-0.2, 0) is 11.3 Å². The standard InChI is InChI=1S/C19H29N3O/c1-7-19(5,6)18(23)21-17-10-16(13(2)11-20-17)12-22-14(3)8-9-15(22)4/h8-11,14-15H,7,12H2,1-6H3,(H,20,21,23). The van der Waals surface area contributed by atoms with Gasteiger partial charge >= 0.3 is 0 Å². The minimum absolute atomic E-state index is 0.0203. The van der Waals surface area contributed by atoms with Crippen molar-refractivity contribution in [2.75, 3.05) is 5.32 Å². The lowest BCUT2D eigenvalue weighted by atomic mass is 9.89. The molecule has 2 unspecified atom stereocenters. The molecule has 0 saturated heterocycles. The lowest BCUT2D eigenvalue weighted by Gasteiger charge is -2.27. The summed E-state index contributed by atoms with van der Waals surface area (Å²) in [4.78, 5) is 19.1. The maximum atomic E-state index is 12.3. The van der Waals surface area contributed by atoms with Crippen LogP contribution in [-0.4, -0.2) is 27.9 Å². The number of amides is 1. The van der Waals surface area contributed by atoms with E-state index in [0.717, 1.165) is 18.5 Å². The molecule has 1 amide bonds. The summed E-state index contributed by atoms with van der Waals surface area (Å²) in [7, 11) is 0. The van der Waals surface area contributed by atoms with E-state index in [1.807, 2.05) is 33.0 Å². The second-order valence-electron chi connectivity index (χ2n) is 7.23. The molecule has 0 spiro atoms. The van der Waals surface area contributed by atoms with E-state index >= 15 is 0 Å². The van der Waals surface area contributed by atoms with Gasteiger partial charge in [-0.15, -0.1) is 0 Å². The van der Waals surface area contributed by atoms with Gasteiger partial charge in [-0.1, -0.05) is 32.9 Å². The van der Waals surface area contributed by atoms with E-state index in [4.69, 9.17) is 0 Å². The highest BCUT2D eigenvalue weighted by molar-refractivity contribution is 5.94. The van der Waals surface area contributed by atoms with Crippen molar-refractivity contribution in [3.63, 3.8) is 0 Å². The van der Waals surface area contributed by atoms with Gasteiger partial charge in [-0.05, 0) is 44.4 Å². The highest BCUT2D eigenvalue weighted by Gasteiger charge is 2.26. The van der Waals surface area contributed by atoms with Crippen LogP contribution >= 0.6 is 0 Å². The summed E-state index contributed by atoms with van der Waals surface area (Å²) in [6, 6.07) is 2.89. The summed E-state index contributed by atoms with van der Waals surface area (Å²) in [6.45, 7) is 13.3. The van der Waals surface area contributed by atoms with Gasteiger partial charge in [-0.3, -0.25) is 9.69 Å². The third-order valence-corrected chi connectivity index (χ3v) is 5.02. The van der Waals surface area contributed by atoms with E-state index in [-0.39, 0.29) is 11.3 Å². The molecule has 2 heterocycles. The number of rotatable bonds is 5. The number of hydrogen-bond donors (Lipinski definition) is 1. The second kappa shape index (κ2) is 6.83. The largest absolute Gasteiger partial charge is 0.310 e. The molecule has 0 aliphatic carbocycles. The summed E-state index contributed by atoms with van der Waals surface area (Å²) in [6.07, 6.45) is 7.13. The van der Waals surface area contributed by atoms with Crippen LogP contribution in [0.1, 0.15) is 52.2 Å². The Hall–Kier alpha value is -1.68. The highest BCUT2D eigenvalue weighted by atomic mass is 16.2. The first-order valence-corrected chi connectivity index (χ1v) is 8.45. The first-order chi connectivity index (χ1) is 10.7. The Kier molecular flexibility index (Phi) is 5.25. The summed E-state index contributed by atoms with van der Waals surface area (Å²) < 4.78 is 0. The molecular formula is C19H29N3O. The molecule has 4 heteroatoms. The van der Waals surface area contributed by atoms with Crippen molar-refractivity contribution in [1.29, 1.82) is 0 Å². The van der Waals surface area contributed by atoms with Gasteiger partial charge in [0, 0.05) is 30.2 Å². The Morgan fingerprint density at radius 2 is 1.91 bits per heavy atom. The van der Waals surface area contributed by atoms with Crippen LogP contribution in [0.2, 0.25) is 0 Å². The average molecular weight is 315 g/mol. The molecule has 0 bridgehead atoms. The summed E-state index contributed by atoms with van der Waals surface area (Å²) >= 11 is 0. The second-order valence-corrected chi connectivity index (χ2v) is 7.23. The number of aromatic nitrogens is 1. The molecule has 126 valence electrons. The number of aryl methyl sites for hydroxylation is 1. The first-order valence-electron chi connectivity index (χ1n) is 8.45. The van der Waals surface area contributed by atoms with Crippen molar-refractivity contribution in [3.8, 4) is 0 Å². The molecule has 2 atom stereocenters. The number of hydrogen-bond acceptors (Lipinski definition) is 3. The van der Waals surface area contributed by atoms with Gasteiger partial charge in [0.05, 0.1) is 0 Å². The van der Waals surface area contributed by atoms with Crippen LogP contribution in [0.25, 0.3) is 0 Å². The van der Waals surface area contributed by atoms with Gasteiger partial charge in [0.2, 0.25) is 5.91 Å². The smallest absolute Gasteiger partial charge is 0.231 e. The third-order valence-electron chi connectivity index (χ3n) is 5.02. The van der Waals surface area contributed by atoms with Gasteiger partial charge in [0.1, 0.15) is 5.82 Å². The van der Waals surface area contributed by atoms with E-state index in [0.29, 0.717) is 17.9 Å². The Balaban J connectivity index is 2.15. The molecule has 2 rings (SSSR count). The fourth-order valence-corrected chi connectivity index (χ4v) is 2.65. The normalized spacial score (nSPS) is 21.7. The zero-order valence-electron chi connectivity index (χ0n) is 15.2. The summed E-state index contributed by atoms with van der Waals surface area (Å²) in [5, 5.41) is 2.96. The Morgan fingerprint density at radius 3 is 2.48 bits per heavy atom. The highest BCUT2D eigenvalue weighted by Crippen LogP contribution is 2.24. The molecule has 0 radical (unpaired) electrons. The Labute approximate surface area is 140 Å². The van der Waals surface area contributed by atoms with Gasteiger partial charge in [-0.2, -0.15) is 0 Å². The van der Waals surface area contributed by atoms with Crippen molar-refractivity contribution in [3.05, 3.63) is 35.5 Å².